The first-order valence-corrected chi connectivity index (χ1v) is 6.62. The molecule has 0 bridgehead atoms. The standard InChI is InChI=1S/C14H22ClNO/c1-3-14(4-2,11-16)9-10-17-13-8-6-5-7-12(13)15/h5-8H,3-4,9-11,16H2,1-2H3. The molecule has 0 aromatic heterocycles. The molecule has 0 saturated heterocycles. The zero-order valence-electron chi connectivity index (χ0n) is 10.7. The van der Waals surface area contributed by atoms with Crippen LogP contribution in [0.1, 0.15) is 33.1 Å². The Morgan fingerprint density at radius 3 is 2.41 bits per heavy atom. The van der Waals surface area contributed by atoms with E-state index in [9.17, 15) is 0 Å². The normalized spacial score (nSPS) is 11.5. The van der Waals surface area contributed by atoms with Gasteiger partial charge in [0.2, 0.25) is 0 Å². The molecule has 0 amide bonds. The van der Waals surface area contributed by atoms with Gasteiger partial charge in [0.15, 0.2) is 0 Å². The van der Waals surface area contributed by atoms with Gasteiger partial charge in [-0.2, -0.15) is 0 Å². The molecule has 1 aromatic carbocycles. The monoisotopic (exact) mass is 255 g/mol. The Kier molecular flexibility index (Phi) is 5.79. The van der Waals surface area contributed by atoms with E-state index in [1.807, 2.05) is 24.3 Å². The first kappa shape index (κ1) is 14.3. The van der Waals surface area contributed by atoms with Gasteiger partial charge >= 0.3 is 0 Å². The van der Waals surface area contributed by atoms with E-state index >= 15 is 0 Å². The molecule has 0 heterocycles. The Balaban J connectivity index is 2.49. The van der Waals surface area contributed by atoms with Crippen molar-refractivity contribution in [2.24, 2.45) is 11.1 Å². The van der Waals surface area contributed by atoms with Gasteiger partial charge in [0.05, 0.1) is 11.6 Å². The van der Waals surface area contributed by atoms with Gasteiger partial charge in [-0.15, -0.1) is 0 Å². The fraction of sp³-hybridized carbons (Fsp3) is 0.571. The topological polar surface area (TPSA) is 35.2 Å². The SMILES string of the molecule is CCC(CC)(CN)CCOc1ccccc1Cl. The number of benzene rings is 1. The van der Waals surface area contributed by atoms with Gasteiger partial charge in [-0.3, -0.25) is 0 Å². The Morgan fingerprint density at radius 1 is 1.24 bits per heavy atom. The number of para-hydroxylation sites is 1. The first-order chi connectivity index (χ1) is 8.17. The molecular formula is C14H22ClNO. The van der Waals surface area contributed by atoms with Gasteiger partial charge < -0.3 is 10.5 Å². The van der Waals surface area contributed by atoms with Crippen molar-refractivity contribution < 1.29 is 4.74 Å². The van der Waals surface area contributed by atoms with Crippen LogP contribution in [0.15, 0.2) is 24.3 Å². The highest BCUT2D eigenvalue weighted by molar-refractivity contribution is 6.32. The summed E-state index contributed by atoms with van der Waals surface area (Å²) in [5.41, 5.74) is 6.07. The summed E-state index contributed by atoms with van der Waals surface area (Å²) < 4.78 is 5.71. The fourth-order valence-electron chi connectivity index (χ4n) is 1.93. The van der Waals surface area contributed by atoms with Crippen LogP contribution in [0.4, 0.5) is 0 Å². The van der Waals surface area contributed by atoms with Gasteiger partial charge in [-0.1, -0.05) is 37.6 Å². The third kappa shape index (κ3) is 3.90. The summed E-state index contributed by atoms with van der Waals surface area (Å²) in [4.78, 5) is 0. The maximum atomic E-state index is 6.03. The average Bonchev–Trinajstić information content (AvgIpc) is 2.37. The van der Waals surface area contributed by atoms with E-state index in [4.69, 9.17) is 22.1 Å². The summed E-state index contributed by atoms with van der Waals surface area (Å²) in [5, 5.41) is 0.666. The molecular weight excluding hydrogens is 234 g/mol. The quantitative estimate of drug-likeness (QED) is 0.803. The first-order valence-electron chi connectivity index (χ1n) is 6.25. The number of halogens is 1. The summed E-state index contributed by atoms with van der Waals surface area (Å²) in [6, 6.07) is 7.56. The maximum absolute atomic E-state index is 6.03. The lowest BCUT2D eigenvalue weighted by Gasteiger charge is -2.30. The highest BCUT2D eigenvalue weighted by atomic mass is 35.5. The van der Waals surface area contributed by atoms with Gasteiger partial charge in [0.1, 0.15) is 5.75 Å². The molecule has 0 aliphatic heterocycles. The molecule has 17 heavy (non-hydrogen) atoms. The molecule has 1 rings (SSSR count). The van der Waals surface area contributed by atoms with E-state index in [0.29, 0.717) is 18.2 Å². The van der Waals surface area contributed by atoms with Crippen LogP contribution in [-0.2, 0) is 0 Å². The molecule has 2 N–H and O–H groups in total. The second-order valence-corrected chi connectivity index (χ2v) is 4.85. The van der Waals surface area contributed by atoms with Gasteiger partial charge in [-0.05, 0) is 43.4 Å². The number of rotatable bonds is 7. The summed E-state index contributed by atoms with van der Waals surface area (Å²) in [6.07, 6.45) is 3.15. The van der Waals surface area contributed by atoms with Gasteiger partial charge in [0, 0.05) is 0 Å². The Morgan fingerprint density at radius 2 is 1.88 bits per heavy atom. The second-order valence-electron chi connectivity index (χ2n) is 4.44. The predicted molar refractivity (Wildman–Crippen MR) is 73.6 cm³/mol. The van der Waals surface area contributed by atoms with Gasteiger partial charge in [-0.25, -0.2) is 0 Å². The molecule has 0 aliphatic carbocycles. The van der Waals surface area contributed by atoms with Crippen molar-refractivity contribution in [2.45, 2.75) is 33.1 Å². The van der Waals surface area contributed by atoms with E-state index < -0.39 is 0 Å². The number of nitrogens with two attached hydrogens (primary N) is 1. The number of ether oxygens (including phenoxy) is 1. The van der Waals surface area contributed by atoms with E-state index in [1.165, 1.54) is 0 Å². The third-order valence-electron chi connectivity index (χ3n) is 3.66. The van der Waals surface area contributed by atoms with Crippen LogP contribution in [0.5, 0.6) is 5.75 Å². The van der Waals surface area contributed by atoms with Crippen LogP contribution in [0.3, 0.4) is 0 Å². The number of hydrogen-bond acceptors (Lipinski definition) is 2. The van der Waals surface area contributed by atoms with Crippen LogP contribution in [0, 0.1) is 5.41 Å². The van der Waals surface area contributed by atoms with E-state index in [0.717, 1.165) is 25.0 Å². The zero-order valence-corrected chi connectivity index (χ0v) is 11.5. The highest BCUT2D eigenvalue weighted by Crippen LogP contribution is 2.30. The van der Waals surface area contributed by atoms with Crippen molar-refractivity contribution in [2.75, 3.05) is 13.2 Å². The van der Waals surface area contributed by atoms with E-state index in [1.54, 1.807) is 0 Å². The van der Waals surface area contributed by atoms with Crippen molar-refractivity contribution in [3.8, 4) is 5.75 Å². The summed E-state index contributed by atoms with van der Waals surface area (Å²) in [5.74, 6) is 0.757. The minimum atomic E-state index is 0.210. The van der Waals surface area contributed by atoms with Crippen LogP contribution < -0.4 is 10.5 Å². The number of hydrogen-bond donors (Lipinski definition) is 1. The zero-order chi connectivity index (χ0) is 12.7. The Labute approximate surface area is 109 Å². The van der Waals surface area contributed by atoms with E-state index in [-0.39, 0.29) is 5.41 Å². The minimum Gasteiger partial charge on any atom is -0.492 e. The molecule has 96 valence electrons. The van der Waals surface area contributed by atoms with Crippen molar-refractivity contribution in [3.63, 3.8) is 0 Å². The van der Waals surface area contributed by atoms with Crippen LogP contribution in [0.25, 0.3) is 0 Å². The molecule has 0 fully saturated rings. The Hall–Kier alpha value is -0.730. The lowest BCUT2D eigenvalue weighted by Crippen LogP contribution is -2.31. The molecule has 0 radical (unpaired) electrons. The Bertz CT molecular complexity index is 328. The van der Waals surface area contributed by atoms with Crippen molar-refractivity contribution in [1.82, 2.24) is 0 Å². The fourth-order valence-corrected chi connectivity index (χ4v) is 2.12. The van der Waals surface area contributed by atoms with Gasteiger partial charge in [0.25, 0.3) is 0 Å². The van der Waals surface area contributed by atoms with E-state index in [2.05, 4.69) is 13.8 Å². The molecule has 0 aliphatic rings. The summed E-state index contributed by atoms with van der Waals surface area (Å²) in [6.45, 7) is 5.76. The lowest BCUT2D eigenvalue weighted by atomic mass is 9.80. The predicted octanol–water partition coefficient (Wildman–Crippen LogP) is 3.87. The smallest absolute Gasteiger partial charge is 0.137 e. The van der Waals surface area contributed by atoms with Crippen LogP contribution in [-0.4, -0.2) is 13.2 Å². The lowest BCUT2D eigenvalue weighted by molar-refractivity contribution is 0.187. The maximum Gasteiger partial charge on any atom is 0.137 e. The van der Waals surface area contributed by atoms with Crippen molar-refractivity contribution in [1.29, 1.82) is 0 Å². The van der Waals surface area contributed by atoms with Crippen LogP contribution >= 0.6 is 11.6 Å². The molecule has 0 atom stereocenters. The highest BCUT2D eigenvalue weighted by Gasteiger charge is 2.24. The molecule has 0 saturated carbocycles. The third-order valence-corrected chi connectivity index (χ3v) is 3.97. The van der Waals surface area contributed by atoms with Crippen LogP contribution in [0.2, 0.25) is 5.02 Å². The van der Waals surface area contributed by atoms with Crippen molar-refractivity contribution >= 4 is 11.6 Å². The molecule has 0 unspecified atom stereocenters. The summed E-state index contributed by atoms with van der Waals surface area (Å²) in [7, 11) is 0. The van der Waals surface area contributed by atoms with Crippen molar-refractivity contribution in [3.05, 3.63) is 29.3 Å². The second kappa shape index (κ2) is 6.87. The largest absolute Gasteiger partial charge is 0.492 e. The molecule has 3 heteroatoms. The average molecular weight is 256 g/mol. The summed E-state index contributed by atoms with van der Waals surface area (Å²) >= 11 is 6.03. The molecule has 0 spiro atoms. The molecule has 1 aromatic rings. The minimum absolute atomic E-state index is 0.210. The molecule has 2 nitrogen and oxygen atoms in total.